The summed E-state index contributed by atoms with van der Waals surface area (Å²) < 4.78 is 40.2. The summed E-state index contributed by atoms with van der Waals surface area (Å²) >= 11 is 1.16. The zero-order valence-electron chi connectivity index (χ0n) is 16.2. The Morgan fingerprint density at radius 1 is 1.13 bits per heavy atom. The average molecular weight is 443 g/mol. The number of fused-ring (bicyclic) bond motifs is 1. The van der Waals surface area contributed by atoms with Crippen molar-refractivity contribution < 1.29 is 18.0 Å². The second kappa shape index (κ2) is 8.38. The quantitative estimate of drug-likeness (QED) is 0.352. The number of nitrogens with zero attached hydrogens (tertiary/aromatic N) is 4. The first-order chi connectivity index (χ1) is 14.8. The number of thioether (sulfide) groups is 1. The van der Waals surface area contributed by atoms with Crippen LogP contribution < -0.4 is 5.32 Å². The van der Waals surface area contributed by atoms with Gasteiger partial charge in [0, 0.05) is 5.69 Å². The molecule has 0 aliphatic heterocycles. The molecule has 1 N–H and O–H groups in total. The standard InChI is InChI=1S/C21H16F3N5OS/c1-13-5-7-16(8-6-13)29-19-17(10-27-29)20(26-12-25-19)31-11-18(30)28-15-4-2-3-14(9-15)21(22,23)24/h2-10,12H,11H2,1H3,(H,28,30). The fourth-order valence-corrected chi connectivity index (χ4v) is 3.68. The molecule has 10 heteroatoms. The monoisotopic (exact) mass is 443 g/mol. The van der Waals surface area contributed by atoms with E-state index in [9.17, 15) is 18.0 Å². The lowest BCUT2D eigenvalue weighted by Crippen LogP contribution is -2.15. The summed E-state index contributed by atoms with van der Waals surface area (Å²) in [5, 5.41) is 8.10. The molecule has 0 radical (unpaired) electrons. The van der Waals surface area contributed by atoms with Gasteiger partial charge in [-0.2, -0.15) is 18.3 Å². The molecule has 0 saturated heterocycles. The van der Waals surface area contributed by atoms with Crippen LogP contribution in [0.5, 0.6) is 0 Å². The number of hydrogen-bond donors (Lipinski definition) is 1. The molecule has 0 aliphatic rings. The Morgan fingerprint density at radius 3 is 2.65 bits per heavy atom. The second-order valence-electron chi connectivity index (χ2n) is 6.72. The van der Waals surface area contributed by atoms with Crippen LogP contribution in [-0.2, 0) is 11.0 Å². The Hall–Kier alpha value is -3.40. The number of amides is 1. The van der Waals surface area contributed by atoms with E-state index in [0.29, 0.717) is 16.1 Å². The van der Waals surface area contributed by atoms with Gasteiger partial charge in [-0.25, -0.2) is 14.6 Å². The number of benzene rings is 2. The highest BCUT2D eigenvalue weighted by atomic mass is 32.2. The van der Waals surface area contributed by atoms with Crippen LogP contribution >= 0.6 is 11.8 Å². The van der Waals surface area contributed by atoms with Gasteiger partial charge in [0.25, 0.3) is 0 Å². The van der Waals surface area contributed by atoms with Crippen molar-refractivity contribution in [1.82, 2.24) is 19.7 Å². The number of rotatable bonds is 5. The molecule has 0 saturated carbocycles. The maximum atomic E-state index is 12.8. The zero-order chi connectivity index (χ0) is 22.0. The maximum Gasteiger partial charge on any atom is 0.416 e. The van der Waals surface area contributed by atoms with Crippen molar-refractivity contribution in [3.05, 3.63) is 72.2 Å². The molecule has 6 nitrogen and oxygen atoms in total. The number of halogens is 3. The summed E-state index contributed by atoms with van der Waals surface area (Å²) in [7, 11) is 0. The Balaban J connectivity index is 1.48. The van der Waals surface area contributed by atoms with Crippen molar-refractivity contribution in [1.29, 1.82) is 0 Å². The van der Waals surface area contributed by atoms with Gasteiger partial charge >= 0.3 is 6.18 Å². The van der Waals surface area contributed by atoms with Crippen LogP contribution in [0.4, 0.5) is 18.9 Å². The first kappa shape index (κ1) is 20.9. The van der Waals surface area contributed by atoms with E-state index < -0.39 is 17.6 Å². The Morgan fingerprint density at radius 2 is 1.90 bits per heavy atom. The number of alkyl halides is 3. The fraction of sp³-hybridized carbons (Fsp3) is 0.143. The zero-order valence-corrected chi connectivity index (χ0v) is 17.0. The van der Waals surface area contributed by atoms with E-state index in [1.165, 1.54) is 18.5 Å². The van der Waals surface area contributed by atoms with Gasteiger partial charge < -0.3 is 5.32 Å². The summed E-state index contributed by atoms with van der Waals surface area (Å²) in [6.45, 7) is 1.99. The van der Waals surface area contributed by atoms with E-state index in [4.69, 9.17) is 0 Å². The predicted octanol–water partition coefficient (Wildman–Crippen LogP) is 4.87. The third-order valence-corrected chi connectivity index (χ3v) is 5.43. The molecule has 0 fully saturated rings. The third-order valence-electron chi connectivity index (χ3n) is 4.42. The van der Waals surface area contributed by atoms with Crippen LogP contribution in [0.15, 0.2) is 66.1 Å². The molecule has 0 spiro atoms. The van der Waals surface area contributed by atoms with E-state index in [-0.39, 0.29) is 11.4 Å². The normalized spacial score (nSPS) is 11.6. The van der Waals surface area contributed by atoms with Crippen molar-refractivity contribution >= 4 is 34.4 Å². The molecule has 0 bridgehead atoms. The highest BCUT2D eigenvalue weighted by Crippen LogP contribution is 2.31. The summed E-state index contributed by atoms with van der Waals surface area (Å²) in [6, 6.07) is 12.3. The van der Waals surface area contributed by atoms with Gasteiger partial charge in [-0.1, -0.05) is 35.5 Å². The highest BCUT2D eigenvalue weighted by molar-refractivity contribution is 8.00. The van der Waals surface area contributed by atoms with E-state index in [2.05, 4.69) is 20.4 Å². The van der Waals surface area contributed by atoms with E-state index in [0.717, 1.165) is 35.1 Å². The fourth-order valence-electron chi connectivity index (χ4n) is 2.92. The number of aromatic nitrogens is 4. The third kappa shape index (κ3) is 4.69. The van der Waals surface area contributed by atoms with E-state index in [1.54, 1.807) is 10.9 Å². The van der Waals surface area contributed by atoms with Gasteiger partial charge in [-0.15, -0.1) is 0 Å². The lowest BCUT2D eigenvalue weighted by molar-refractivity contribution is -0.137. The average Bonchev–Trinajstić information content (AvgIpc) is 3.17. The second-order valence-corrected chi connectivity index (χ2v) is 7.69. The SMILES string of the molecule is Cc1ccc(-n2ncc3c(SCC(=O)Nc4cccc(C(F)(F)F)c4)ncnc32)cc1. The molecule has 4 rings (SSSR count). The molecule has 158 valence electrons. The summed E-state index contributed by atoms with van der Waals surface area (Å²) in [5.41, 5.74) is 1.83. The minimum atomic E-state index is -4.47. The van der Waals surface area contributed by atoms with Crippen molar-refractivity contribution in [3.63, 3.8) is 0 Å². The molecule has 31 heavy (non-hydrogen) atoms. The molecule has 2 heterocycles. The minimum Gasteiger partial charge on any atom is -0.325 e. The van der Waals surface area contributed by atoms with Gasteiger partial charge in [0.05, 0.1) is 28.6 Å². The van der Waals surface area contributed by atoms with Crippen LogP contribution in [0.25, 0.3) is 16.7 Å². The van der Waals surface area contributed by atoms with Crippen LogP contribution in [0, 0.1) is 6.92 Å². The Kier molecular flexibility index (Phi) is 5.64. The molecule has 2 aromatic heterocycles. The van der Waals surface area contributed by atoms with Gasteiger partial charge in [0.15, 0.2) is 5.65 Å². The number of carbonyl (C=O) groups is 1. The summed E-state index contributed by atoms with van der Waals surface area (Å²) in [4.78, 5) is 20.8. The largest absolute Gasteiger partial charge is 0.416 e. The molecular formula is C21H16F3N5OS. The molecule has 2 aromatic carbocycles. The van der Waals surface area contributed by atoms with Gasteiger partial charge in [-0.3, -0.25) is 4.79 Å². The van der Waals surface area contributed by atoms with Crippen molar-refractivity contribution in [2.45, 2.75) is 18.1 Å². The summed E-state index contributed by atoms with van der Waals surface area (Å²) in [6.07, 6.45) is -1.45. The Labute approximate surface area is 179 Å². The van der Waals surface area contributed by atoms with Crippen molar-refractivity contribution in [2.24, 2.45) is 0 Å². The molecule has 0 aliphatic carbocycles. The lowest BCUT2D eigenvalue weighted by atomic mass is 10.2. The maximum absolute atomic E-state index is 12.8. The number of anilines is 1. The topological polar surface area (TPSA) is 72.7 Å². The number of carbonyl (C=O) groups excluding carboxylic acids is 1. The summed E-state index contributed by atoms with van der Waals surface area (Å²) in [5.74, 6) is -0.472. The molecular weight excluding hydrogens is 427 g/mol. The van der Waals surface area contributed by atoms with Gasteiger partial charge in [0.1, 0.15) is 11.4 Å². The highest BCUT2D eigenvalue weighted by Gasteiger charge is 2.30. The van der Waals surface area contributed by atoms with Gasteiger partial charge in [0.2, 0.25) is 5.91 Å². The van der Waals surface area contributed by atoms with E-state index >= 15 is 0 Å². The molecule has 4 aromatic rings. The number of aryl methyl sites for hydroxylation is 1. The number of hydrogen-bond acceptors (Lipinski definition) is 5. The van der Waals surface area contributed by atoms with Crippen LogP contribution in [0.2, 0.25) is 0 Å². The Bertz CT molecular complexity index is 1240. The van der Waals surface area contributed by atoms with Gasteiger partial charge in [-0.05, 0) is 37.3 Å². The molecule has 0 atom stereocenters. The first-order valence-electron chi connectivity index (χ1n) is 9.17. The van der Waals surface area contributed by atoms with E-state index in [1.807, 2.05) is 31.2 Å². The first-order valence-corrected chi connectivity index (χ1v) is 10.2. The van der Waals surface area contributed by atoms with Crippen LogP contribution in [0.3, 0.4) is 0 Å². The van der Waals surface area contributed by atoms with Crippen LogP contribution in [-0.4, -0.2) is 31.4 Å². The number of nitrogens with one attached hydrogen (secondary N) is 1. The van der Waals surface area contributed by atoms with Crippen molar-refractivity contribution in [2.75, 3.05) is 11.1 Å². The molecule has 1 amide bonds. The molecule has 0 unspecified atom stereocenters. The minimum absolute atomic E-state index is 0.0297. The smallest absolute Gasteiger partial charge is 0.325 e. The van der Waals surface area contributed by atoms with Crippen molar-refractivity contribution in [3.8, 4) is 5.69 Å². The van der Waals surface area contributed by atoms with Crippen LogP contribution in [0.1, 0.15) is 11.1 Å². The lowest BCUT2D eigenvalue weighted by Gasteiger charge is -2.10. The predicted molar refractivity (Wildman–Crippen MR) is 112 cm³/mol.